The zero-order valence-electron chi connectivity index (χ0n) is 10.2. The summed E-state index contributed by atoms with van der Waals surface area (Å²) in [5, 5.41) is 0. The first-order chi connectivity index (χ1) is 8.65. The Morgan fingerprint density at radius 3 is 1.75 bits per heavy atom. The summed E-state index contributed by atoms with van der Waals surface area (Å²) in [5.41, 5.74) is -3.47. The zero-order valence-corrected chi connectivity index (χ0v) is 10.2. The molecule has 0 aliphatic carbocycles. The topological polar surface area (TPSA) is 26.3 Å². The van der Waals surface area contributed by atoms with Crippen LogP contribution in [0.15, 0.2) is 12.7 Å². The molecular weight excluding hydrogens is 304 g/mol. The molecule has 10 heteroatoms. The van der Waals surface area contributed by atoms with E-state index in [2.05, 4.69) is 11.3 Å². The fraction of sp³-hybridized carbons (Fsp3) is 0.700. The average molecular weight is 314 g/mol. The van der Waals surface area contributed by atoms with Crippen LogP contribution in [-0.2, 0) is 9.53 Å². The van der Waals surface area contributed by atoms with Crippen LogP contribution in [0.2, 0.25) is 0 Å². The fourth-order valence-electron chi connectivity index (χ4n) is 1.08. The van der Waals surface area contributed by atoms with Gasteiger partial charge in [0.15, 0.2) is 5.60 Å². The molecular formula is C10H10F8O2. The second kappa shape index (κ2) is 5.21. The van der Waals surface area contributed by atoms with Crippen molar-refractivity contribution in [2.75, 3.05) is 0 Å². The van der Waals surface area contributed by atoms with Crippen molar-refractivity contribution in [3.63, 3.8) is 0 Å². The average Bonchev–Trinajstić information content (AvgIpc) is 2.27. The molecule has 0 aliphatic heterocycles. The molecule has 0 spiro atoms. The lowest BCUT2D eigenvalue weighted by Gasteiger charge is -2.40. The molecule has 0 bridgehead atoms. The van der Waals surface area contributed by atoms with Gasteiger partial charge >= 0.3 is 30.2 Å². The van der Waals surface area contributed by atoms with Crippen molar-refractivity contribution in [2.45, 2.75) is 43.6 Å². The van der Waals surface area contributed by atoms with Crippen molar-refractivity contribution in [1.29, 1.82) is 0 Å². The van der Waals surface area contributed by atoms with E-state index < -0.39 is 35.8 Å². The fourth-order valence-corrected chi connectivity index (χ4v) is 1.08. The van der Waals surface area contributed by atoms with Crippen molar-refractivity contribution >= 4 is 5.97 Å². The van der Waals surface area contributed by atoms with Gasteiger partial charge in [0.1, 0.15) is 0 Å². The molecule has 0 radical (unpaired) electrons. The quantitative estimate of drug-likeness (QED) is 0.425. The Bertz CT molecular complexity index is 389. The highest BCUT2D eigenvalue weighted by molar-refractivity contribution is 5.81. The molecule has 0 aromatic heterocycles. The van der Waals surface area contributed by atoms with Crippen LogP contribution in [0.1, 0.15) is 13.8 Å². The number of ether oxygens (including phenoxy) is 1. The van der Waals surface area contributed by atoms with Gasteiger partial charge in [-0.15, -0.1) is 0 Å². The highest BCUT2D eigenvalue weighted by Gasteiger charge is 2.80. The van der Waals surface area contributed by atoms with Crippen molar-refractivity contribution < 1.29 is 44.7 Å². The summed E-state index contributed by atoms with van der Waals surface area (Å²) in [7, 11) is 0. The first kappa shape index (κ1) is 18.7. The molecule has 20 heavy (non-hydrogen) atoms. The van der Waals surface area contributed by atoms with E-state index in [0.29, 0.717) is 6.08 Å². The van der Waals surface area contributed by atoms with Crippen LogP contribution in [-0.4, -0.2) is 35.8 Å². The molecule has 0 amide bonds. The molecule has 0 aromatic rings. The number of alkyl halides is 8. The summed E-state index contributed by atoms with van der Waals surface area (Å²) in [6.45, 7) is 3.16. The van der Waals surface area contributed by atoms with E-state index in [0.717, 1.165) is 0 Å². The predicted octanol–water partition coefficient (Wildman–Crippen LogP) is 3.67. The molecule has 0 fully saturated rings. The molecule has 0 unspecified atom stereocenters. The van der Waals surface area contributed by atoms with Crippen molar-refractivity contribution in [2.24, 2.45) is 0 Å². The van der Waals surface area contributed by atoms with Gasteiger partial charge in [0.2, 0.25) is 0 Å². The summed E-state index contributed by atoms with van der Waals surface area (Å²) in [5.74, 6) is -20.1. The Labute approximate surface area is 108 Å². The minimum Gasteiger partial charge on any atom is -0.450 e. The normalized spacial score (nSPS) is 14.3. The van der Waals surface area contributed by atoms with E-state index >= 15 is 0 Å². The van der Waals surface area contributed by atoms with Gasteiger partial charge in [0.05, 0.1) is 0 Å². The smallest absolute Gasteiger partial charge is 0.381 e. The number of hydrogen-bond donors (Lipinski definition) is 0. The van der Waals surface area contributed by atoms with Crippen molar-refractivity contribution in [1.82, 2.24) is 0 Å². The number of halogens is 8. The maximum Gasteiger partial charge on any atom is 0.381 e. The van der Waals surface area contributed by atoms with Crippen molar-refractivity contribution in [3.8, 4) is 0 Å². The lowest BCUT2D eigenvalue weighted by atomic mass is 9.90. The van der Waals surface area contributed by atoms with Crippen LogP contribution in [0.4, 0.5) is 35.1 Å². The van der Waals surface area contributed by atoms with Crippen LogP contribution in [0.5, 0.6) is 0 Å². The van der Waals surface area contributed by atoms with Crippen LogP contribution in [0.3, 0.4) is 0 Å². The second-order valence-corrected chi connectivity index (χ2v) is 4.21. The third-order valence-corrected chi connectivity index (χ3v) is 2.37. The predicted molar refractivity (Wildman–Crippen MR) is 51.2 cm³/mol. The Morgan fingerprint density at radius 2 is 1.45 bits per heavy atom. The summed E-state index contributed by atoms with van der Waals surface area (Å²) >= 11 is 0. The third kappa shape index (κ3) is 2.73. The Balaban J connectivity index is 5.71. The lowest BCUT2D eigenvalue weighted by molar-refractivity contribution is -0.369. The summed E-state index contributed by atoms with van der Waals surface area (Å²) < 4.78 is 106. The zero-order chi connectivity index (χ0) is 16.6. The van der Waals surface area contributed by atoms with Gasteiger partial charge in [-0.25, -0.2) is 13.6 Å². The van der Waals surface area contributed by atoms with Gasteiger partial charge < -0.3 is 4.74 Å². The van der Waals surface area contributed by atoms with Crippen LogP contribution in [0.25, 0.3) is 0 Å². The van der Waals surface area contributed by atoms with Crippen LogP contribution >= 0.6 is 0 Å². The summed E-state index contributed by atoms with van der Waals surface area (Å²) in [6.07, 6.45) is -4.71. The molecule has 0 saturated carbocycles. The van der Waals surface area contributed by atoms with E-state index in [1.54, 1.807) is 0 Å². The Morgan fingerprint density at radius 1 is 1.05 bits per heavy atom. The van der Waals surface area contributed by atoms with Gasteiger partial charge in [-0.05, 0) is 13.8 Å². The number of carbonyl (C=O) groups is 1. The van der Waals surface area contributed by atoms with Gasteiger partial charge in [-0.2, -0.15) is 26.3 Å². The molecule has 118 valence electrons. The second-order valence-electron chi connectivity index (χ2n) is 4.21. The van der Waals surface area contributed by atoms with E-state index in [4.69, 9.17) is 0 Å². The Kier molecular flexibility index (Phi) is 4.86. The Hall–Kier alpha value is -1.35. The standard InChI is InChI=1S/C10H10F8O2/c1-4-5(19)20-7(2,3)9(15,16)10(17,18)8(13,14)6(11)12/h4,6H,1H2,2-3H3. The third-order valence-electron chi connectivity index (χ3n) is 2.37. The number of rotatable bonds is 6. The summed E-state index contributed by atoms with van der Waals surface area (Å²) in [6, 6.07) is 0. The molecule has 0 aromatic carbocycles. The minimum atomic E-state index is -6.45. The molecule has 0 heterocycles. The first-order valence-electron chi connectivity index (χ1n) is 4.92. The highest BCUT2D eigenvalue weighted by Crippen LogP contribution is 2.53. The first-order valence-corrected chi connectivity index (χ1v) is 4.92. The van der Waals surface area contributed by atoms with Gasteiger partial charge in [-0.1, -0.05) is 6.58 Å². The largest absolute Gasteiger partial charge is 0.450 e. The van der Waals surface area contributed by atoms with Crippen LogP contribution < -0.4 is 0 Å². The van der Waals surface area contributed by atoms with E-state index in [-0.39, 0.29) is 13.8 Å². The maximum atomic E-state index is 13.5. The lowest BCUT2D eigenvalue weighted by Crippen LogP contribution is -2.66. The number of carbonyl (C=O) groups excluding carboxylic acids is 1. The number of hydrogen-bond acceptors (Lipinski definition) is 2. The summed E-state index contributed by atoms with van der Waals surface area (Å²) in [4.78, 5) is 10.7. The van der Waals surface area contributed by atoms with Gasteiger partial charge in [0.25, 0.3) is 0 Å². The minimum absolute atomic E-state index is 0.184. The maximum absolute atomic E-state index is 13.5. The number of esters is 1. The monoisotopic (exact) mass is 314 g/mol. The molecule has 0 saturated heterocycles. The molecule has 0 atom stereocenters. The van der Waals surface area contributed by atoms with E-state index in [1.165, 1.54) is 0 Å². The molecule has 0 aliphatic rings. The molecule has 0 rings (SSSR count). The SMILES string of the molecule is C=CC(=O)OC(C)(C)C(F)(F)C(F)(F)C(F)(F)C(F)F. The highest BCUT2D eigenvalue weighted by atomic mass is 19.4. The van der Waals surface area contributed by atoms with Crippen LogP contribution in [0, 0.1) is 0 Å². The van der Waals surface area contributed by atoms with E-state index in [1.807, 2.05) is 0 Å². The van der Waals surface area contributed by atoms with Crippen molar-refractivity contribution in [3.05, 3.63) is 12.7 Å². The van der Waals surface area contributed by atoms with Gasteiger partial charge in [0, 0.05) is 6.08 Å². The van der Waals surface area contributed by atoms with Gasteiger partial charge in [-0.3, -0.25) is 0 Å². The molecule has 2 nitrogen and oxygen atoms in total. The van der Waals surface area contributed by atoms with E-state index in [9.17, 15) is 39.9 Å². The molecule has 0 N–H and O–H groups in total.